The van der Waals surface area contributed by atoms with Gasteiger partial charge in [-0.3, -0.25) is 9.48 Å². The van der Waals surface area contributed by atoms with Gasteiger partial charge in [0.1, 0.15) is 11.4 Å². The number of aromatic nitrogens is 2. The van der Waals surface area contributed by atoms with Crippen molar-refractivity contribution in [2.75, 3.05) is 13.1 Å². The van der Waals surface area contributed by atoms with E-state index in [1.54, 1.807) is 6.92 Å². The number of carbonyl (C=O) groups is 1. The van der Waals surface area contributed by atoms with Crippen LogP contribution in [0.25, 0.3) is 0 Å². The van der Waals surface area contributed by atoms with Crippen LogP contribution in [0.1, 0.15) is 18.9 Å². The van der Waals surface area contributed by atoms with Gasteiger partial charge >= 0.3 is 5.97 Å². The normalized spacial score (nSPS) is 11.7. The Hall–Kier alpha value is -2.19. The van der Waals surface area contributed by atoms with Crippen molar-refractivity contribution in [3.05, 3.63) is 48.3 Å². The van der Waals surface area contributed by atoms with E-state index in [0.717, 1.165) is 9.87 Å². The number of carboxylic acids is 1. The third kappa shape index (κ3) is 4.40. The fourth-order valence-electron chi connectivity index (χ4n) is 2.17. The molecule has 1 aromatic carbocycles. The fourth-order valence-corrected chi connectivity index (χ4v) is 3.61. The molecule has 0 unspecified atom stereocenters. The summed E-state index contributed by atoms with van der Waals surface area (Å²) in [6, 6.07) is 9.53. The highest BCUT2D eigenvalue weighted by Crippen LogP contribution is 2.16. The Morgan fingerprint density at radius 3 is 2.61 bits per heavy atom. The standard InChI is InChI=1S/C15H19N3O4S/c1-2-8-18(12-15(19)20)23(21,22)14-9-16-17(11-14)10-13-6-4-3-5-7-13/h3-7,9,11H,2,8,10,12H2,1H3,(H,19,20). The number of benzene rings is 1. The van der Waals surface area contributed by atoms with E-state index in [2.05, 4.69) is 5.10 Å². The summed E-state index contributed by atoms with van der Waals surface area (Å²) in [4.78, 5) is 10.9. The van der Waals surface area contributed by atoms with Gasteiger partial charge in [0.25, 0.3) is 0 Å². The van der Waals surface area contributed by atoms with Gasteiger partial charge in [-0.05, 0) is 12.0 Å². The molecular weight excluding hydrogens is 318 g/mol. The summed E-state index contributed by atoms with van der Waals surface area (Å²) < 4.78 is 27.5. The minimum absolute atomic E-state index is 0.00290. The molecule has 124 valence electrons. The number of sulfonamides is 1. The Morgan fingerprint density at radius 2 is 2.00 bits per heavy atom. The number of nitrogens with zero attached hydrogens (tertiary/aromatic N) is 3. The van der Waals surface area contributed by atoms with E-state index in [1.165, 1.54) is 17.1 Å². The molecule has 2 aromatic rings. The van der Waals surface area contributed by atoms with E-state index in [1.807, 2.05) is 30.3 Å². The third-order valence-electron chi connectivity index (χ3n) is 3.22. The molecule has 0 radical (unpaired) electrons. The Kier molecular flexibility index (Phi) is 5.51. The first-order valence-electron chi connectivity index (χ1n) is 7.22. The molecule has 1 aromatic heterocycles. The lowest BCUT2D eigenvalue weighted by atomic mass is 10.2. The first kappa shape index (κ1) is 17.2. The topological polar surface area (TPSA) is 92.5 Å². The van der Waals surface area contributed by atoms with Crippen LogP contribution in [0.15, 0.2) is 47.6 Å². The molecule has 0 saturated carbocycles. The van der Waals surface area contributed by atoms with Crippen molar-refractivity contribution in [1.29, 1.82) is 0 Å². The van der Waals surface area contributed by atoms with Gasteiger partial charge in [0.15, 0.2) is 0 Å². The second kappa shape index (κ2) is 7.38. The maximum Gasteiger partial charge on any atom is 0.318 e. The van der Waals surface area contributed by atoms with Gasteiger partial charge in [-0.15, -0.1) is 0 Å². The zero-order valence-corrected chi connectivity index (χ0v) is 13.6. The number of carboxylic acid groups (broad SMARTS) is 1. The SMILES string of the molecule is CCCN(CC(=O)O)S(=O)(=O)c1cnn(Cc2ccccc2)c1. The molecule has 0 aliphatic rings. The van der Waals surface area contributed by atoms with Crippen molar-refractivity contribution < 1.29 is 18.3 Å². The molecule has 0 aliphatic carbocycles. The van der Waals surface area contributed by atoms with Crippen LogP contribution in [-0.4, -0.2) is 46.7 Å². The van der Waals surface area contributed by atoms with Crippen LogP contribution < -0.4 is 0 Å². The van der Waals surface area contributed by atoms with Gasteiger partial charge in [-0.25, -0.2) is 8.42 Å². The van der Waals surface area contributed by atoms with Gasteiger partial charge in [-0.1, -0.05) is 37.3 Å². The van der Waals surface area contributed by atoms with Gasteiger partial charge in [0.05, 0.1) is 12.7 Å². The van der Waals surface area contributed by atoms with E-state index in [0.29, 0.717) is 13.0 Å². The zero-order valence-electron chi connectivity index (χ0n) is 12.8. The predicted molar refractivity (Wildman–Crippen MR) is 84.5 cm³/mol. The largest absolute Gasteiger partial charge is 0.480 e. The Balaban J connectivity index is 2.21. The first-order valence-corrected chi connectivity index (χ1v) is 8.66. The van der Waals surface area contributed by atoms with Crippen LogP contribution in [-0.2, 0) is 21.4 Å². The van der Waals surface area contributed by atoms with Crippen molar-refractivity contribution in [2.24, 2.45) is 0 Å². The maximum atomic E-state index is 12.5. The van der Waals surface area contributed by atoms with Crippen LogP contribution in [0, 0.1) is 0 Å². The molecule has 0 spiro atoms. The van der Waals surface area contributed by atoms with Crippen molar-refractivity contribution in [2.45, 2.75) is 24.8 Å². The van der Waals surface area contributed by atoms with Crippen LogP contribution >= 0.6 is 0 Å². The summed E-state index contributed by atoms with van der Waals surface area (Å²) in [5.41, 5.74) is 0.996. The van der Waals surface area contributed by atoms with Crippen molar-refractivity contribution >= 4 is 16.0 Å². The number of hydrogen-bond donors (Lipinski definition) is 1. The second-order valence-electron chi connectivity index (χ2n) is 5.09. The number of hydrogen-bond acceptors (Lipinski definition) is 4. The molecule has 1 N–H and O–H groups in total. The molecule has 1 heterocycles. The molecule has 7 nitrogen and oxygen atoms in total. The second-order valence-corrected chi connectivity index (χ2v) is 7.03. The molecule has 2 rings (SSSR count). The van der Waals surface area contributed by atoms with Gasteiger partial charge in [0.2, 0.25) is 10.0 Å². The third-order valence-corrected chi connectivity index (χ3v) is 5.02. The van der Waals surface area contributed by atoms with Crippen LogP contribution in [0.2, 0.25) is 0 Å². The zero-order chi connectivity index (χ0) is 16.9. The summed E-state index contributed by atoms with van der Waals surface area (Å²) in [6.07, 6.45) is 3.21. The lowest BCUT2D eigenvalue weighted by Gasteiger charge is -2.18. The maximum absolute atomic E-state index is 12.5. The molecular formula is C15H19N3O4S. The molecule has 0 aliphatic heterocycles. The number of aliphatic carboxylic acids is 1. The highest BCUT2D eigenvalue weighted by atomic mass is 32.2. The fraction of sp³-hybridized carbons (Fsp3) is 0.333. The van der Waals surface area contributed by atoms with E-state index in [4.69, 9.17) is 5.11 Å². The van der Waals surface area contributed by atoms with Crippen molar-refractivity contribution in [3.63, 3.8) is 0 Å². The smallest absolute Gasteiger partial charge is 0.318 e. The van der Waals surface area contributed by atoms with Gasteiger partial charge < -0.3 is 5.11 Å². The molecule has 0 atom stereocenters. The highest BCUT2D eigenvalue weighted by molar-refractivity contribution is 7.89. The molecule has 0 amide bonds. The Bertz CT molecular complexity index is 756. The lowest BCUT2D eigenvalue weighted by molar-refractivity contribution is -0.137. The summed E-state index contributed by atoms with van der Waals surface area (Å²) in [6.45, 7) is 1.84. The quantitative estimate of drug-likeness (QED) is 0.786. The molecule has 0 saturated heterocycles. The summed E-state index contributed by atoms with van der Waals surface area (Å²) >= 11 is 0. The van der Waals surface area contributed by atoms with Crippen LogP contribution in [0.4, 0.5) is 0 Å². The lowest BCUT2D eigenvalue weighted by Crippen LogP contribution is -2.36. The monoisotopic (exact) mass is 337 g/mol. The van der Waals surface area contributed by atoms with Crippen LogP contribution in [0.3, 0.4) is 0 Å². The first-order chi connectivity index (χ1) is 10.9. The summed E-state index contributed by atoms with van der Waals surface area (Å²) in [7, 11) is -3.86. The highest BCUT2D eigenvalue weighted by Gasteiger charge is 2.27. The summed E-state index contributed by atoms with van der Waals surface area (Å²) in [5.74, 6) is -1.18. The molecule has 0 fully saturated rings. The van der Waals surface area contributed by atoms with E-state index < -0.39 is 22.5 Å². The van der Waals surface area contributed by atoms with Crippen LogP contribution in [0.5, 0.6) is 0 Å². The molecule has 23 heavy (non-hydrogen) atoms. The van der Waals surface area contributed by atoms with E-state index in [9.17, 15) is 13.2 Å². The van der Waals surface area contributed by atoms with E-state index in [-0.39, 0.29) is 11.4 Å². The Labute approximate surface area is 135 Å². The van der Waals surface area contributed by atoms with Gasteiger partial charge in [-0.2, -0.15) is 9.40 Å². The average Bonchev–Trinajstić information content (AvgIpc) is 2.97. The minimum Gasteiger partial charge on any atom is -0.480 e. The van der Waals surface area contributed by atoms with E-state index >= 15 is 0 Å². The predicted octanol–water partition coefficient (Wildman–Crippen LogP) is 1.42. The summed E-state index contributed by atoms with van der Waals surface area (Å²) in [5, 5.41) is 13.0. The van der Waals surface area contributed by atoms with Gasteiger partial charge in [0, 0.05) is 12.7 Å². The van der Waals surface area contributed by atoms with Crippen molar-refractivity contribution in [1.82, 2.24) is 14.1 Å². The average molecular weight is 337 g/mol. The minimum atomic E-state index is -3.86. The van der Waals surface area contributed by atoms with Crippen molar-refractivity contribution in [3.8, 4) is 0 Å². The molecule has 8 heteroatoms. The molecule has 0 bridgehead atoms. The number of rotatable bonds is 8. The Morgan fingerprint density at radius 1 is 1.30 bits per heavy atom.